The second-order valence-corrected chi connectivity index (χ2v) is 12.9. The van der Waals surface area contributed by atoms with E-state index in [9.17, 15) is 4.79 Å². The highest BCUT2D eigenvalue weighted by atomic mass is 35.5. The van der Waals surface area contributed by atoms with Crippen LogP contribution in [0.3, 0.4) is 0 Å². The summed E-state index contributed by atoms with van der Waals surface area (Å²) in [7, 11) is 0. The predicted molar refractivity (Wildman–Crippen MR) is 141 cm³/mol. The molecule has 4 aliphatic heterocycles. The van der Waals surface area contributed by atoms with Crippen molar-refractivity contribution in [3.8, 4) is 0 Å². The lowest BCUT2D eigenvalue weighted by Gasteiger charge is -2.46. The molecule has 0 radical (unpaired) electrons. The summed E-state index contributed by atoms with van der Waals surface area (Å²) in [5.41, 5.74) is -0.00535. The smallest absolute Gasteiger partial charge is 0.410 e. The number of hydrogen-bond donors (Lipinski definition) is 0. The number of likely N-dealkylation sites (tertiary alicyclic amines) is 2. The van der Waals surface area contributed by atoms with E-state index in [4.69, 9.17) is 30.5 Å². The summed E-state index contributed by atoms with van der Waals surface area (Å²) in [5.74, 6) is -0.715. The molecule has 6 rings (SSSR count). The predicted octanol–water partition coefficient (Wildman–Crippen LogP) is 4.37. The van der Waals surface area contributed by atoms with E-state index in [1.807, 2.05) is 56.3 Å². The van der Waals surface area contributed by atoms with Crippen LogP contribution in [-0.2, 0) is 18.9 Å². The van der Waals surface area contributed by atoms with Gasteiger partial charge in [0.1, 0.15) is 41.0 Å². The molecule has 6 heterocycles. The van der Waals surface area contributed by atoms with Crippen LogP contribution in [0.2, 0.25) is 5.15 Å². The summed E-state index contributed by atoms with van der Waals surface area (Å²) in [4.78, 5) is 26.1. The second kappa shape index (κ2) is 9.30. The van der Waals surface area contributed by atoms with Crippen LogP contribution < -0.4 is 0 Å². The van der Waals surface area contributed by atoms with Crippen LogP contribution in [0, 0.1) is 0 Å². The van der Waals surface area contributed by atoms with Gasteiger partial charge in [-0.25, -0.2) is 14.8 Å². The van der Waals surface area contributed by atoms with E-state index in [-0.39, 0.29) is 29.9 Å². The molecule has 10 nitrogen and oxygen atoms in total. The van der Waals surface area contributed by atoms with Gasteiger partial charge in [-0.05, 0) is 72.9 Å². The SMILES string of the molecule is CC(C)(C)OC(=O)N1CCCC12CCCN(C[C@H]1O[C@@H](n3ccc4c(Cl)ncnc43)[C@@H]3OC(C)(C)O[C@@H]31)C2. The summed E-state index contributed by atoms with van der Waals surface area (Å²) < 4.78 is 27.2. The number of carbonyl (C=O) groups is 1. The number of rotatable bonds is 3. The van der Waals surface area contributed by atoms with Crippen LogP contribution in [0.4, 0.5) is 4.79 Å². The Morgan fingerprint density at radius 1 is 1.16 bits per heavy atom. The van der Waals surface area contributed by atoms with Gasteiger partial charge in [-0.3, -0.25) is 4.90 Å². The van der Waals surface area contributed by atoms with Gasteiger partial charge in [-0.15, -0.1) is 0 Å². The van der Waals surface area contributed by atoms with Crippen LogP contribution in [0.1, 0.15) is 66.5 Å². The van der Waals surface area contributed by atoms with Gasteiger partial charge in [-0.2, -0.15) is 0 Å². The Morgan fingerprint density at radius 2 is 1.89 bits per heavy atom. The minimum absolute atomic E-state index is 0.200. The highest BCUT2D eigenvalue weighted by Crippen LogP contribution is 2.45. The van der Waals surface area contributed by atoms with Crippen LogP contribution in [-0.4, -0.2) is 91.8 Å². The van der Waals surface area contributed by atoms with Crippen molar-refractivity contribution in [3.63, 3.8) is 0 Å². The number of fused-ring (bicyclic) bond motifs is 2. The Balaban J connectivity index is 1.22. The lowest BCUT2D eigenvalue weighted by molar-refractivity contribution is -0.198. The molecule has 0 bridgehead atoms. The van der Waals surface area contributed by atoms with Gasteiger partial charge in [0.05, 0.1) is 10.9 Å². The van der Waals surface area contributed by atoms with Gasteiger partial charge >= 0.3 is 6.09 Å². The first-order chi connectivity index (χ1) is 17.9. The molecule has 0 aromatic carbocycles. The van der Waals surface area contributed by atoms with Crippen molar-refractivity contribution in [2.24, 2.45) is 0 Å². The zero-order valence-corrected chi connectivity index (χ0v) is 23.6. The summed E-state index contributed by atoms with van der Waals surface area (Å²) >= 11 is 6.32. The highest BCUT2D eigenvalue weighted by molar-refractivity contribution is 6.33. The van der Waals surface area contributed by atoms with Crippen molar-refractivity contribution < 1.29 is 23.7 Å². The van der Waals surface area contributed by atoms with Crippen LogP contribution >= 0.6 is 11.6 Å². The molecule has 5 atom stereocenters. The zero-order valence-electron chi connectivity index (χ0n) is 22.9. The Labute approximate surface area is 228 Å². The van der Waals surface area contributed by atoms with E-state index in [1.54, 1.807) is 0 Å². The zero-order chi connectivity index (χ0) is 26.9. The van der Waals surface area contributed by atoms with Gasteiger partial charge in [-0.1, -0.05) is 11.6 Å². The molecule has 1 spiro atoms. The summed E-state index contributed by atoms with van der Waals surface area (Å²) in [6.07, 6.45) is 6.06. The molecule has 1 unspecified atom stereocenters. The number of hydrogen-bond acceptors (Lipinski definition) is 8. The molecule has 0 N–H and O–H groups in total. The minimum Gasteiger partial charge on any atom is -0.444 e. The fourth-order valence-electron chi connectivity index (χ4n) is 6.76. The number of aromatic nitrogens is 3. The molecule has 2 aromatic rings. The van der Waals surface area contributed by atoms with Crippen molar-refractivity contribution in [1.29, 1.82) is 0 Å². The van der Waals surface area contributed by atoms with E-state index in [1.165, 1.54) is 6.33 Å². The van der Waals surface area contributed by atoms with Gasteiger partial charge in [0.25, 0.3) is 0 Å². The maximum Gasteiger partial charge on any atom is 0.410 e. The van der Waals surface area contributed by atoms with E-state index in [0.717, 1.165) is 50.7 Å². The van der Waals surface area contributed by atoms with Crippen molar-refractivity contribution in [3.05, 3.63) is 23.7 Å². The standard InChI is InChI=1S/C27H38ClN5O5/c1-25(2,3)38-24(34)33-12-7-10-27(33)9-6-11-31(15-27)14-18-19-20(37-26(4,5)36-19)23(35-18)32-13-8-17-21(28)29-16-30-22(17)32/h8,13,16,18-20,23H,6-7,9-12,14-15H2,1-5H3/t18-,19-,20-,23-,27?/m1/s1. The Hall–Kier alpha value is -1.98. The average molecular weight is 548 g/mol. The monoisotopic (exact) mass is 547 g/mol. The van der Waals surface area contributed by atoms with Gasteiger partial charge < -0.3 is 28.4 Å². The molecule has 38 heavy (non-hydrogen) atoms. The third-order valence-electron chi connectivity index (χ3n) is 8.14. The lowest BCUT2D eigenvalue weighted by atomic mass is 9.86. The third-order valence-corrected chi connectivity index (χ3v) is 8.44. The quantitative estimate of drug-likeness (QED) is 0.523. The third kappa shape index (κ3) is 4.68. The molecule has 208 valence electrons. The summed E-state index contributed by atoms with van der Waals surface area (Å²) in [5, 5.41) is 1.19. The minimum atomic E-state index is -0.715. The fraction of sp³-hybridized carbons (Fsp3) is 0.741. The number of ether oxygens (including phenoxy) is 4. The highest BCUT2D eigenvalue weighted by Gasteiger charge is 2.57. The summed E-state index contributed by atoms with van der Waals surface area (Å²) in [6, 6.07) is 1.91. The van der Waals surface area contributed by atoms with Crippen LogP contribution in [0.25, 0.3) is 11.0 Å². The van der Waals surface area contributed by atoms with Crippen molar-refractivity contribution in [1.82, 2.24) is 24.3 Å². The number of halogens is 1. The molecule has 0 saturated carbocycles. The first kappa shape index (κ1) is 26.3. The van der Waals surface area contributed by atoms with E-state index >= 15 is 0 Å². The molecular weight excluding hydrogens is 510 g/mol. The maximum absolute atomic E-state index is 13.1. The number of amides is 1. The van der Waals surface area contributed by atoms with E-state index in [2.05, 4.69) is 14.9 Å². The molecule has 11 heteroatoms. The lowest BCUT2D eigenvalue weighted by Crippen LogP contribution is -2.59. The Morgan fingerprint density at radius 3 is 2.66 bits per heavy atom. The normalized spacial score (nSPS) is 33.4. The first-order valence-electron chi connectivity index (χ1n) is 13.7. The molecule has 4 fully saturated rings. The van der Waals surface area contributed by atoms with Crippen molar-refractivity contribution in [2.75, 3.05) is 26.2 Å². The Bertz CT molecular complexity index is 1210. The van der Waals surface area contributed by atoms with Crippen LogP contribution in [0.15, 0.2) is 18.6 Å². The number of carbonyl (C=O) groups excluding carboxylic acids is 1. The average Bonchev–Trinajstić information content (AvgIpc) is 3.56. The maximum atomic E-state index is 13.1. The topological polar surface area (TPSA) is 91.2 Å². The Kier molecular flexibility index (Phi) is 6.42. The molecule has 1 amide bonds. The number of piperidine rings is 1. The van der Waals surface area contributed by atoms with Gasteiger partial charge in [0.15, 0.2) is 12.0 Å². The first-order valence-corrected chi connectivity index (χ1v) is 14.0. The molecular formula is C27H38ClN5O5. The van der Waals surface area contributed by atoms with E-state index in [0.29, 0.717) is 17.3 Å². The molecule has 2 aromatic heterocycles. The molecule has 0 aliphatic carbocycles. The number of nitrogens with zero attached hydrogens (tertiary/aromatic N) is 5. The van der Waals surface area contributed by atoms with Crippen molar-refractivity contribution in [2.45, 2.75) is 102 Å². The molecule has 4 aliphatic rings. The van der Waals surface area contributed by atoms with Gasteiger partial charge in [0, 0.05) is 25.8 Å². The second-order valence-electron chi connectivity index (χ2n) is 12.6. The van der Waals surface area contributed by atoms with Crippen LogP contribution in [0.5, 0.6) is 0 Å². The molecule has 4 saturated heterocycles. The van der Waals surface area contributed by atoms with Crippen molar-refractivity contribution >= 4 is 28.7 Å². The fourth-order valence-corrected chi connectivity index (χ4v) is 6.95. The van der Waals surface area contributed by atoms with Gasteiger partial charge in [0.2, 0.25) is 0 Å². The largest absolute Gasteiger partial charge is 0.444 e. The van der Waals surface area contributed by atoms with E-state index < -0.39 is 17.6 Å². The summed E-state index contributed by atoms with van der Waals surface area (Å²) in [6.45, 7) is 12.8.